The summed E-state index contributed by atoms with van der Waals surface area (Å²) in [4.78, 5) is 0. The van der Waals surface area contributed by atoms with Gasteiger partial charge in [0.1, 0.15) is 28.7 Å². The zero-order valence-corrected chi connectivity index (χ0v) is 22.9. The van der Waals surface area contributed by atoms with Gasteiger partial charge in [0.2, 0.25) is 0 Å². The van der Waals surface area contributed by atoms with Crippen molar-refractivity contribution >= 4 is 0 Å². The molecule has 0 bridgehead atoms. The lowest BCUT2D eigenvalue weighted by Gasteiger charge is -2.21. The zero-order valence-electron chi connectivity index (χ0n) is 22.9. The first kappa shape index (κ1) is 31.4. The molecule has 0 atom stereocenters. The molecule has 3 aromatic rings. The third-order valence-corrected chi connectivity index (χ3v) is 6.64. The molecule has 0 aliphatic heterocycles. The molecule has 0 radical (unpaired) electrons. The predicted octanol–water partition coefficient (Wildman–Crippen LogP) is 10.5. The van der Waals surface area contributed by atoms with E-state index in [0.29, 0.717) is 12.8 Å². The fourth-order valence-electron chi connectivity index (χ4n) is 4.41. The zero-order chi connectivity index (χ0) is 29.2. The normalized spacial score (nSPS) is 12.0. The molecule has 0 aliphatic carbocycles. The maximum absolute atomic E-state index is 14.7. The molecule has 0 amide bonds. The monoisotopic (exact) mass is 566 g/mol. The Hall–Kier alpha value is -3.16. The van der Waals surface area contributed by atoms with Gasteiger partial charge in [-0.2, -0.15) is 17.6 Å². The number of alkyl halides is 4. The number of hydrogen-bond acceptors (Lipinski definition) is 2. The van der Waals surface area contributed by atoms with Crippen LogP contribution in [0.15, 0.2) is 60.7 Å². The van der Waals surface area contributed by atoms with Gasteiger partial charge in [0.15, 0.2) is 0 Å². The fraction of sp³-hybridized carbons (Fsp3) is 0.438. The van der Waals surface area contributed by atoms with Crippen molar-refractivity contribution in [1.82, 2.24) is 0 Å². The molecule has 0 aliphatic rings. The lowest BCUT2D eigenvalue weighted by Crippen LogP contribution is -2.25. The van der Waals surface area contributed by atoms with E-state index in [-0.39, 0.29) is 11.3 Å². The summed E-state index contributed by atoms with van der Waals surface area (Å²) in [6.45, 7) is 4.15. The SMILES string of the molecule is CCCCCCc1ccc(OC(F)(F)c2ccc(OC(F)(F)c3c(F)cc(CCCCCC)cc3F)cc2)cc1. The largest absolute Gasteiger partial charge is 0.432 e. The molecule has 0 saturated heterocycles. The van der Waals surface area contributed by atoms with E-state index in [0.717, 1.165) is 93.3 Å². The van der Waals surface area contributed by atoms with Crippen LogP contribution in [-0.2, 0) is 25.1 Å². The first-order valence-electron chi connectivity index (χ1n) is 13.9. The van der Waals surface area contributed by atoms with Crippen LogP contribution in [0.1, 0.15) is 87.5 Å². The summed E-state index contributed by atoms with van der Waals surface area (Å²) in [5.74, 6) is -3.45. The van der Waals surface area contributed by atoms with E-state index in [1.165, 1.54) is 12.1 Å². The average Bonchev–Trinajstić information content (AvgIpc) is 2.89. The number of rotatable bonds is 16. The van der Waals surface area contributed by atoms with E-state index >= 15 is 0 Å². The summed E-state index contributed by atoms with van der Waals surface area (Å²) >= 11 is 0. The van der Waals surface area contributed by atoms with E-state index in [9.17, 15) is 26.3 Å². The topological polar surface area (TPSA) is 18.5 Å². The van der Waals surface area contributed by atoms with Gasteiger partial charge in [-0.3, -0.25) is 0 Å². The van der Waals surface area contributed by atoms with E-state index < -0.39 is 40.7 Å². The Morgan fingerprint density at radius 1 is 0.550 bits per heavy atom. The maximum atomic E-state index is 14.7. The summed E-state index contributed by atoms with van der Waals surface area (Å²) in [6.07, 6.45) is 0.994. The minimum Gasteiger partial charge on any atom is -0.429 e. The molecule has 3 aromatic carbocycles. The van der Waals surface area contributed by atoms with Crippen LogP contribution in [0.4, 0.5) is 26.3 Å². The van der Waals surface area contributed by atoms with Gasteiger partial charge in [0, 0.05) is 0 Å². The Morgan fingerprint density at radius 3 is 1.50 bits per heavy atom. The Balaban J connectivity index is 1.63. The molecule has 40 heavy (non-hydrogen) atoms. The fourth-order valence-corrected chi connectivity index (χ4v) is 4.41. The highest BCUT2D eigenvalue weighted by atomic mass is 19.3. The van der Waals surface area contributed by atoms with Crippen molar-refractivity contribution in [3.8, 4) is 11.5 Å². The number of hydrogen-bond donors (Lipinski definition) is 0. The van der Waals surface area contributed by atoms with Crippen LogP contribution in [0.2, 0.25) is 0 Å². The second-order valence-electron chi connectivity index (χ2n) is 9.96. The van der Waals surface area contributed by atoms with Crippen molar-refractivity contribution in [3.63, 3.8) is 0 Å². The molecular formula is C32H36F6O2. The van der Waals surface area contributed by atoms with Gasteiger partial charge in [0.05, 0.1) is 5.56 Å². The molecule has 3 rings (SSSR count). The third-order valence-electron chi connectivity index (χ3n) is 6.64. The first-order chi connectivity index (χ1) is 19.1. The molecule has 0 saturated carbocycles. The second-order valence-corrected chi connectivity index (χ2v) is 9.96. The van der Waals surface area contributed by atoms with Crippen LogP contribution in [0, 0.1) is 11.6 Å². The molecule has 2 nitrogen and oxygen atoms in total. The minimum atomic E-state index is -4.37. The lowest BCUT2D eigenvalue weighted by molar-refractivity contribution is -0.190. The van der Waals surface area contributed by atoms with Crippen molar-refractivity contribution in [2.24, 2.45) is 0 Å². The Labute approximate surface area is 232 Å². The van der Waals surface area contributed by atoms with Crippen molar-refractivity contribution in [3.05, 3.63) is 94.6 Å². The van der Waals surface area contributed by atoms with E-state index in [1.807, 2.05) is 6.92 Å². The van der Waals surface area contributed by atoms with Gasteiger partial charge in [-0.15, -0.1) is 0 Å². The second kappa shape index (κ2) is 14.5. The number of unbranched alkanes of at least 4 members (excludes halogenated alkanes) is 6. The molecular weight excluding hydrogens is 530 g/mol. The first-order valence-corrected chi connectivity index (χ1v) is 13.9. The Morgan fingerprint density at radius 2 is 1.00 bits per heavy atom. The van der Waals surface area contributed by atoms with Crippen molar-refractivity contribution in [2.45, 2.75) is 90.3 Å². The van der Waals surface area contributed by atoms with Crippen LogP contribution < -0.4 is 9.47 Å². The summed E-state index contributed by atoms with van der Waals surface area (Å²) in [7, 11) is 0. The minimum absolute atomic E-state index is 0.0473. The molecule has 0 heterocycles. The van der Waals surface area contributed by atoms with Gasteiger partial charge in [-0.1, -0.05) is 64.5 Å². The highest BCUT2D eigenvalue weighted by Crippen LogP contribution is 2.37. The number of aryl methyl sites for hydroxylation is 2. The number of benzene rings is 3. The van der Waals surface area contributed by atoms with Gasteiger partial charge in [0.25, 0.3) is 0 Å². The Kier molecular flexibility index (Phi) is 11.3. The van der Waals surface area contributed by atoms with Gasteiger partial charge >= 0.3 is 12.2 Å². The van der Waals surface area contributed by atoms with Gasteiger partial charge in [-0.25, -0.2) is 8.78 Å². The van der Waals surface area contributed by atoms with E-state index in [1.54, 1.807) is 12.1 Å². The predicted molar refractivity (Wildman–Crippen MR) is 144 cm³/mol. The van der Waals surface area contributed by atoms with Crippen molar-refractivity contribution in [1.29, 1.82) is 0 Å². The van der Waals surface area contributed by atoms with Crippen molar-refractivity contribution in [2.75, 3.05) is 0 Å². The van der Waals surface area contributed by atoms with Crippen LogP contribution in [0.5, 0.6) is 11.5 Å². The molecule has 0 N–H and O–H groups in total. The van der Waals surface area contributed by atoms with Gasteiger partial charge < -0.3 is 9.47 Å². The highest BCUT2D eigenvalue weighted by Gasteiger charge is 2.41. The summed E-state index contributed by atoms with van der Waals surface area (Å²) in [5.41, 5.74) is -0.838. The van der Waals surface area contributed by atoms with Crippen LogP contribution >= 0.6 is 0 Å². The smallest absolute Gasteiger partial charge is 0.429 e. The van der Waals surface area contributed by atoms with Crippen LogP contribution in [0.3, 0.4) is 0 Å². The van der Waals surface area contributed by atoms with Crippen LogP contribution in [-0.4, -0.2) is 0 Å². The van der Waals surface area contributed by atoms with Crippen LogP contribution in [0.25, 0.3) is 0 Å². The highest BCUT2D eigenvalue weighted by molar-refractivity contribution is 5.34. The summed E-state index contributed by atoms with van der Waals surface area (Å²) < 4.78 is 97.4. The van der Waals surface area contributed by atoms with E-state index in [4.69, 9.17) is 4.74 Å². The molecule has 218 valence electrons. The third kappa shape index (κ3) is 8.93. The molecule has 0 spiro atoms. The number of halogens is 6. The lowest BCUT2D eigenvalue weighted by atomic mass is 10.0. The Bertz CT molecular complexity index is 1170. The maximum Gasteiger partial charge on any atom is 0.432 e. The standard InChI is InChI=1S/C32H36F6O2/c1-3-5-7-9-11-23-13-17-26(18-14-23)39-31(35,36)25-15-19-27(20-16-25)40-32(37,38)30-28(33)21-24(22-29(30)34)12-10-8-6-4-2/h13-22H,3-12H2,1-2H3. The van der Waals surface area contributed by atoms with Gasteiger partial charge in [-0.05, 0) is 85.3 Å². The van der Waals surface area contributed by atoms with E-state index in [2.05, 4.69) is 11.7 Å². The molecule has 0 unspecified atom stereocenters. The van der Waals surface area contributed by atoms with Crippen molar-refractivity contribution < 1.29 is 35.8 Å². The molecule has 0 aromatic heterocycles. The summed E-state index contributed by atoms with van der Waals surface area (Å²) in [6, 6.07) is 11.6. The molecule has 8 heteroatoms. The number of ether oxygens (including phenoxy) is 2. The summed E-state index contributed by atoms with van der Waals surface area (Å²) in [5, 5.41) is 0. The average molecular weight is 567 g/mol. The molecule has 0 fully saturated rings. The quantitative estimate of drug-likeness (QED) is 0.127.